The number of aromatic nitrogens is 1. The van der Waals surface area contributed by atoms with Crippen LogP contribution >= 0.6 is 0 Å². The van der Waals surface area contributed by atoms with E-state index < -0.39 is 0 Å². The van der Waals surface area contributed by atoms with E-state index in [9.17, 15) is 0 Å². The molecular formula is C23H17N. The molecule has 0 radical (unpaired) electrons. The maximum Gasteiger partial charge on any atom is 0.0702 e. The first-order valence-electron chi connectivity index (χ1n) is 8.07. The molecule has 0 unspecified atom stereocenters. The van der Waals surface area contributed by atoms with Gasteiger partial charge in [-0.3, -0.25) is 4.98 Å². The molecule has 1 nitrogen and oxygen atoms in total. The number of rotatable bonds is 3. The molecule has 0 spiro atoms. The minimum Gasteiger partial charge on any atom is -0.256 e. The molecule has 0 atom stereocenters. The van der Waals surface area contributed by atoms with Gasteiger partial charge in [-0.1, -0.05) is 66.7 Å². The summed E-state index contributed by atoms with van der Waals surface area (Å²) in [6, 6.07) is 33.7. The first kappa shape index (κ1) is 14.4. The average Bonchev–Trinajstić information content (AvgIpc) is 2.70. The number of nitrogens with zero attached hydrogens (tertiary/aromatic N) is 1. The molecule has 0 bridgehead atoms. The molecule has 0 saturated heterocycles. The van der Waals surface area contributed by atoms with E-state index >= 15 is 0 Å². The Balaban J connectivity index is 1.92. The van der Waals surface area contributed by atoms with Gasteiger partial charge in [-0.05, 0) is 52.6 Å². The van der Waals surface area contributed by atoms with Gasteiger partial charge in [-0.25, -0.2) is 0 Å². The lowest BCUT2D eigenvalue weighted by atomic mass is 9.95. The Kier molecular flexibility index (Phi) is 3.91. The van der Waals surface area contributed by atoms with Gasteiger partial charge in [0, 0.05) is 11.8 Å². The molecule has 0 aliphatic rings. The lowest BCUT2D eigenvalue weighted by molar-refractivity contribution is 1.33. The first-order valence-corrected chi connectivity index (χ1v) is 8.07. The summed E-state index contributed by atoms with van der Waals surface area (Å²) in [6.45, 7) is 0. The molecule has 1 heterocycles. The fourth-order valence-corrected chi connectivity index (χ4v) is 2.90. The molecule has 4 aromatic rings. The Bertz CT molecular complexity index is 790. The third-order valence-electron chi connectivity index (χ3n) is 4.11. The zero-order valence-electron chi connectivity index (χ0n) is 13.3. The topological polar surface area (TPSA) is 12.9 Å². The van der Waals surface area contributed by atoms with Crippen molar-refractivity contribution in [2.75, 3.05) is 0 Å². The van der Waals surface area contributed by atoms with Crippen molar-refractivity contribution in [3.63, 3.8) is 0 Å². The van der Waals surface area contributed by atoms with Crippen LogP contribution < -0.4 is 0 Å². The van der Waals surface area contributed by atoms with Gasteiger partial charge < -0.3 is 0 Å². The van der Waals surface area contributed by atoms with Crippen molar-refractivity contribution >= 4 is 0 Å². The van der Waals surface area contributed by atoms with Crippen LogP contribution in [0, 0.1) is 0 Å². The van der Waals surface area contributed by atoms with E-state index in [1.807, 2.05) is 30.5 Å². The van der Waals surface area contributed by atoms with Gasteiger partial charge in [0.05, 0.1) is 5.69 Å². The molecule has 0 fully saturated rings. The maximum atomic E-state index is 4.52. The highest BCUT2D eigenvalue weighted by molar-refractivity contribution is 5.80. The largest absolute Gasteiger partial charge is 0.256 e. The molecule has 3 aromatic carbocycles. The second-order valence-electron chi connectivity index (χ2n) is 5.75. The summed E-state index contributed by atoms with van der Waals surface area (Å²) in [5, 5.41) is 0. The minimum atomic E-state index is 0.993. The van der Waals surface area contributed by atoms with Crippen LogP contribution in [0.15, 0.2) is 103 Å². The van der Waals surface area contributed by atoms with Crippen LogP contribution in [0.4, 0.5) is 0 Å². The van der Waals surface area contributed by atoms with Gasteiger partial charge in [-0.15, -0.1) is 0 Å². The molecular weight excluding hydrogens is 290 g/mol. The van der Waals surface area contributed by atoms with Crippen LogP contribution in [0.3, 0.4) is 0 Å². The third-order valence-corrected chi connectivity index (χ3v) is 4.11. The SMILES string of the molecule is c1ccc(-c2cc(-c3ccccc3)cc(-c3ccccn3)c2)cc1. The van der Waals surface area contributed by atoms with Crippen molar-refractivity contribution in [2.45, 2.75) is 0 Å². The van der Waals surface area contributed by atoms with E-state index in [4.69, 9.17) is 0 Å². The second kappa shape index (κ2) is 6.51. The monoisotopic (exact) mass is 307 g/mol. The fraction of sp³-hybridized carbons (Fsp3) is 0. The number of benzene rings is 3. The van der Waals surface area contributed by atoms with E-state index in [1.165, 1.54) is 22.3 Å². The van der Waals surface area contributed by atoms with E-state index in [0.29, 0.717) is 0 Å². The normalized spacial score (nSPS) is 10.5. The Morgan fingerprint density at radius 2 is 0.917 bits per heavy atom. The van der Waals surface area contributed by atoms with Crippen molar-refractivity contribution in [3.05, 3.63) is 103 Å². The highest BCUT2D eigenvalue weighted by Gasteiger charge is 2.07. The molecule has 24 heavy (non-hydrogen) atoms. The molecule has 0 aliphatic heterocycles. The summed E-state index contributed by atoms with van der Waals surface area (Å²) in [4.78, 5) is 4.52. The summed E-state index contributed by atoms with van der Waals surface area (Å²) >= 11 is 0. The van der Waals surface area contributed by atoms with Crippen molar-refractivity contribution < 1.29 is 0 Å². The van der Waals surface area contributed by atoms with Crippen LogP contribution in [0.1, 0.15) is 0 Å². The van der Waals surface area contributed by atoms with Crippen molar-refractivity contribution in [1.29, 1.82) is 0 Å². The van der Waals surface area contributed by atoms with Crippen LogP contribution in [0.2, 0.25) is 0 Å². The van der Waals surface area contributed by atoms with Crippen LogP contribution in [-0.4, -0.2) is 4.98 Å². The molecule has 0 amide bonds. The van der Waals surface area contributed by atoms with Gasteiger partial charge in [0.15, 0.2) is 0 Å². The zero-order chi connectivity index (χ0) is 16.2. The Morgan fingerprint density at radius 1 is 0.417 bits per heavy atom. The molecule has 1 aromatic heterocycles. The summed E-state index contributed by atoms with van der Waals surface area (Å²) in [5.74, 6) is 0. The van der Waals surface area contributed by atoms with E-state index in [0.717, 1.165) is 11.3 Å². The lowest BCUT2D eigenvalue weighted by Crippen LogP contribution is -1.87. The van der Waals surface area contributed by atoms with E-state index in [2.05, 4.69) is 77.8 Å². The first-order chi connectivity index (χ1) is 11.9. The summed E-state index contributed by atoms with van der Waals surface area (Å²) < 4.78 is 0. The van der Waals surface area contributed by atoms with Crippen LogP contribution in [-0.2, 0) is 0 Å². The standard InChI is InChI=1S/C23H17N/c1-3-9-18(10-4-1)20-15-21(19-11-5-2-6-12-19)17-22(16-20)23-13-7-8-14-24-23/h1-17H. The molecule has 1 heteroatoms. The Labute approximate surface area is 142 Å². The fourth-order valence-electron chi connectivity index (χ4n) is 2.90. The highest BCUT2D eigenvalue weighted by Crippen LogP contribution is 2.31. The smallest absolute Gasteiger partial charge is 0.0702 e. The molecule has 0 N–H and O–H groups in total. The van der Waals surface area contributed by atoms with Gasteiger partial charge in [0.1, 0.15) is 0 Å². The van der Waals surface area contributed by atoms with Crippen LogP contribution in [0.5, 0.6) is 0 Å². The van der Waals surface area contributed by atoms with Gasteiger partial charge in [0.2, 0.25) is 0 Å². The van der Waals surface area contributed by atoms with Gasteiger partial charge in [0.25, 0.3) is 0 Å². The molecule has 114 valence electrons. The van der Waals surface area contributed by atoms with Crippen LogP contribution in [0.25, 0.3) is 33.5 Å². The molecule has 0 saturated carbocycles. The maximum absolute atomic E-state index is 4.52. The quantitative estimate of drug-likeness (QED) is 0.447. The predicted octanol–water partition coefficient (Wildman–Crippen LogP) is 6.08. The van der Waals surface area contributed by atoms with Crippen molar-refractivity contribution in [3.8, 4) is 33.5 Å². The lowest BCUT2D eigenvalue weighted by Gasteiger charge is -2.10. The summed E-state index contributed by atoms with van der Waals surface area (Å²) in [5.41, 5.74) is 6.97. The summed E-state index contributed by atoms with van der Waals surface area (Å²) in [6.07, 6.45) is 1.84. The number of pyridine rings is 1. The van der Waals surface area contributed by atoms with Gasteiger partial charge in [-0.2, -0.15) is 0 Å². The highest BCUT2D eigenvalue weighted by atomic mass is 14.7. The summed E-state index contributed by atoms with van der Waals surface area (Å²) in [7, 11) is 0. The van der Waals surface area contributed by atoms with Crippen molar-refractivity contribution in [1.82, 2.24) is 4.98 Å². The predicted molar refractivity (Wildman–Crippen MR) is 101 cm³/mol. The number of hydrogen-bond donors (Lipinski definition) is 0. The van der Waals surface area contributed by atoms with Gasteiger partial charge >= 0.3 is 0 Å². The minimum absolute atomic E-state index is 0.993. The zero-order valence-corrected chi connectivity index (χ0v) is 13.3. The number of hydrogen-bond acceptors (Lipinski definition) is 1. The molecule has 0 aliphatic carbocycles. The second-order valence-corrected chi connectivity index (χ2v) is 5.75. The Hall–Kier alpha value is -3.19. The molecule has 4 rings (SSSR count). The average molecular weight is 307 g/mol. The van der Waals surface area contributed by atoms with Crippen molar-refractivity contribution in [2.24, 2.45) is 0 Å². The third kappa shape index (κ3) is 2.97. The van der Waals surface area contributed by atoms with E-state index in [-0.39, 0.29) is 0 Å². The Morgan fingerprint density at radius 3 is 1.42 bits per heavy atom. The van der Waals surface area contributed by atoms with E-state index in [1.54, 1.807) is 0 Å².